The normalized spacial score (nSPS) is 19.3. The van der Waals surface area contributed by atoms with Gasteiger partial charge < -0.3 is 25.3 Å². The molecule has 2 amide bonds. The first-order valence-electron chi connectivity index (χ1n) is 11.4. The zero-order valence-corrected chi connectivity index (χ0v) is 20.3. The number of sulfone groups is 1. The van der Waals surface area contributed by atoms with E-state index in [1.807, 2.05) is 6.92 Å². The number of benzene rings is 1. The van der Waals surface area contributed by atoms with Gasteiger partial charge in [-0.3, -0.25) is 0 Å². The summed E-state index contributed by atoms with van der Waals surface area (Å²) in [5, 5.41) is 5.17. The van der Waals surface area contributed by atoms with Crippen molar-refractivity contribution < 1.29 is 17.9 Å². The zero-order valence-electron chi connectivity index (χ0n) is 19.5. The number of morpholine rings is 1. The number of hydrogen-bond donors (Lipinski definition) is 3. The fourth-order valence-corrected chi connectivity index (χ4v) is 6.08. The number of ether oxygens (including phenoxy) is 1. The fourth-order valence-electron chi connectivity index (χ4n) is 4.27. The molecule has 0 bridgehead atoms. The molecule has 0 spiro atoms. The summed E-state index contributed by atoms with van der Waals surface area (Å²) in [5.74, 6) is 1.08. The highest BCUT2D eigenvalue weighted by Crippen LogP contribution is 2.54. The molecule has 2 aliphatic rings. The number of urea groups is 1. The molecule has 1 unspecified atom stereocenters. The molecule has 1 saturated carbocycles. The lowest BCUT2D eigenvalue weighted by Crippen LogP contribution is -2.44. The fraction of sp³-hybridized carbons (Fsp3) is 0.391. The minimum absolute atomic E-state index is 0.0546. The Morgan fingerprint density at radius 3 is 2.63 bits per heavy atom. The molecule has 0 radical (unpaired) electrons. The number of nitrogens with one attached hydrogen (secondary N) is 3. The zero-order chi connectivity index (χ0) is 24.6. The molecule has 1 aliphatic carbocycles. The van der Waals surface area contributed by atoms with E-state index in [1.54, 1.807) is 37.4 Å². The van der Waals surface area contributed by atoms with Crippen LogP contribution in [0.4, 0.5) is 16.3 Å². The van der Waals surface area contributed by atoms with Crippen molar-refractivity contribution in [3.63, 3.8) is 0 Å². The number of imidazole rings is 1. The van der Waals surface area contributed by atoms with Gasteiger partial charge in [-0.15, -0.1) is 0 Å². The van der Waals surface area contributed by atoms with E-state index in [9.17, 15) is 13.2 Å². The lowest BCUT2D eigenvalue weighted by atomic mass is 10.1. The summed E-state index contributed by atoms with van der Waals surface area (Å²) in [6.07, 6.45) is 3.85. The van der Waals surface area contributed by atoms with Gasteiger partial charge in [-0.1, -0.05) is 0 Å². The molecule has 1 aliphatic heterocycles. The number of nitrogens with zero attached hydrogens (tertiary/aromatic N) is 4. The van der Waals surface area contributed by atoms with E-state index < -0.39 is 14.6 Å². The number of anilines is 2. The second-order valence-corrected chi connectivity index (χ2v) is 10.9. The maximum atomic E-state index is 13.5. The topological polar surface area (TPSA) is 142 Å². The molecular weight excluding hydrogens is 470 g/mol. The van der Waals surface area contributed by atoms with Crippen molar-refractivity contribution in [3.05, 3.63) is 48.4 Å². The smallest absolute Gasteiger partial charge is 0.318 e. The highest BCUT2D eigenvalue weighted by atomic mass is 32.2. The summed E-state index contributed by atoms with van der Waals surface area (Å²) in [6.45, 7) is 3.81. The van der Waals surface area contributed by atoms with Crippen LogP contribution < -0.4 is 15.5 Å². The molecule has 11 nitrogen and oxygen atoms in total. The van der Waals surface area contributed by atoms with Gasteiger partial charge in [0, 0.05) is 43.3 Å². The third-order valence-corrected chi connectivity index (χ3v) is 8.79. The number of carbonyl (C=O) groups excluding carboxylic acids is 1. The molecule has 5 rings (SSSR count). The van der Waals surface area contributed by atoms with Crippen LogP contribution in [0.3, 0.4) is 0 Å². The average molecular weight is 498 g/mol. The highest BCUT2D eigenvalue weighted by molar-refractivity contribution is 7.92. The van der Waals surface area contributed by atoms with E-state index in [4.69, 9.17) is 14.7 Å². The Kier molecular flexibility index (Phi) is 5.93. The van der Waals surface area contributed by atoms with Crippen molar-refractivity contribution in [2.45, 2.75) is 35.7 Å². The minimum Gasteiger partial charge on any atom is -0.377 e. The van der Waals surface area contributed by atoms with Crippen LogP contribution in [-0.4, -0.2) is 67.2 Å². The first kappa shape index (κ1) is 23.2. The predicted molar refractivity (Wildman–Crippen MR) is 130 cm³/mol. The van der Waals surface area contributed by atoms with Gasteiger partial charge in [0.25, 0.3) is 0 Å². The summed E-state index contributed by atoms with van der Waals surface area (Å²) in [7, 11) is -2.23. The lowest BCUT2D eigenvalue weighted by molar-refractivity contribution is 0.0985. The quantitative estimate of drug-likeness (QED) is 0.471. The summed E-state index contributed by atoms with van der Waals surface area (Å²) in [5.41, 5.74) is 1.79. The highest BCUT2D eigenvalue weighted by Gasteiger charge is 2.59. The molecule has 2 aromatic heterocycles. The number of H-pyrrole nitrogens is 1. The van der Waals surface area contributed by atoms with Gasteiger partial charge in [-0.2, -0.15) is 0 Å². The molecule has 184 valence electrons. The molecule has 1 saturated heterocycles. The maximum Gasteiger partial charge on any atom is 0.318 e. The Morgan fingerprint density at radius 2 is 2.00 bits per heavy atom. The van der Waals surface area contributed by atoms with Crippen LogP contribution in [0.1, 0.15) is 25.5 Å². The lowest BCUT2D eigenvalue weighted by Gasteiger charge is -2.34. The minimum atomic E-state index is -3.77. The average Bonchev–Trinajstić information content (AvgIpc) is 3.51. The third kappa shape index (κ3) is 4.23. The van der Waals surface area contributed by atoms with Crippen molar-refractivity contribution in [2.24, 2.45) is 0 Å². The number of hydrogen-bond acceptors (Lipinski definition) is 8. The van der Waals surface area contributed by atoms with Crippen molar-refractivity contribution in [1.29, 1.82) is 0 Å². The van der Waals surface area contributed by atoms with E-state index in [2.05, 4.69) is 25.5 Å². The molecular formula is C23H27N7O4S. The van der Waals surface area contributed by atoms with Crippen molar-refractivity contribution >= 4 is 27.4 Å². The molecule has 1 atom stereocenters. The predicted octanol–water partition coefficient (Wildman–Crippen LogP) is 2.31. The molecule has 3 heterocycles. The van der Waals surface area contributed by atoms with E-state index in [1.165, 1.54) is 12.4 Å². The van der Waals surface area contributed by atoms with Crippen LogP contribution in [0.15, 0.2) is 47.9 Å². The number of carbonyl (C=O) groups is 1. The molecule has 2 fully saturated rings. The second-order valence-electron chi connectivity index (χ2n) is 8.73. The van der Waals surface area contributed by atoms with Crippen molar-refractivity contribution in [1.82, 2.24) is 25.3 Å². The van der Waals surface area contributed by atoms with Gasteiger partial charge in [0.1, 0.15) is 10.6 Å². The summed E-state index contributed by atoms with van der Waals surface area (Å²) in [4.78, 5) is 30.0. The number of aromatic amines is 1. The van der Waals surface area contributed by atoms with Crippen LogP contribution in [0.2, 0.25) is 0 Å². The first-order chi connectivity index (χ1) is 16.8. The van der Waals surface area contributed by atoms with Crippen LogP contribution in [-0.2, 0) is 19.3 Å². The molecule has 35 heavy (non-hydrogen) atoms. The monoisotopic (exact) mass is 497 g/mol. The Balaban J connectivity index is 1.58. The van der Waals surface area contributed by atoms with Crippen LogP contribution in [0.5, 0.6) is 0 Å². The van der Waals surface area contributed by atoms with Gasteiger partial charge in [-0.05, 0) is 44.0 Å². The van der Waals surface area contributed by atoms with E-state index in [0.717, 1.165) is 0 Å². The van der Waals surface area contributed by atoms with Crippen LogP contribution in [0.25, 0.3) is 11.4 Å². The summed E-state index contributed by atoms with van der Waals surface area (Å²) < 4.78 is 31.5. The molecule has 3 aromatic rings. The van der Waals surface area contributed by atoms with Crippen molar-refractivity contribution in [2.75, 3.05) is 37.0 Å². The third-order valence-electron chi connectivity index (χ3n) is 6.42. The summed E-state index contributed by atoms with van der Waals surface area (Å²) >= 11 is 0. The van der Waals surface area contributed by atoms with Gasteiger partial charge >= 0.3 is 6.03 Å². The van der Waals surface area contributed by atoms with E-state index in [-0.39, 0.29) is 17.2 Å². The Hall–Kier alpha value is -3.51. The van der Waals surface area contributed by atoms with Gasteiger partial charge in [-0.25, -0.2) is 28.2 Å². The largest absolute Gasteiger partial charge is 0.377 e. The van der Waals surface area contributed by atoms with E-state index >= 15 is 0 Å². The second kappa shape index (κ2) is 8.93. The van der Waals surface area contributed by atoms with Crippen LogP contribution >= 0.6 is 0 Å². The Morgan fingerprint density at radius 1 is 1.23 bits per heavy atom. The standard InChI is InChI=1S/C23H27N7O4S/c1-15-14-34-12-11-30(15)19-13-18(23(7-8-23)35(32,33)22-25-9-10-26-22)28-20(29-19)16-3-5-17(6-4-16)27-21(31)24-2/h3-6,9-10,13,15H,7-8,11-12,14H2,1-2H3,(H,25,26)(H2,24,27,31). The number of amides is 2. The Labute approximate surface area is 203 Å². The molecule has 12 heteroatoms. The number of rotatable bonds is 6. The number of aromatic nitrogens is 4. The van der Waals surface area contributed by atoms with Gasteiger partial charge in [0.2, 0.25) is 15.0 Å². The first-order valence-corrected chi connectivity index (χ1v) is 12.9. The van der Waals surface area contributed by atoms with Crippen molar-refractivity contribution in [3.8, 4) is 11.4 Å². The van der Waals surface area contributed by atoms with E-state index in [0.29, 0.717) is 61.2 Å². The molecule has 3 N–H and O–H groups in total. The van der Waals surface area contributed by atoms with Gasteiger partial charge in [0.05, 0.1) is 24.9 Å². The maximum absolute atomic E-state index is 13.5. The van der Waals surface area contributed by atoms with Crippen LogP contribution in [0, 0.1) is 0 Å². The SMILES string of the molecule is CNC(=O)Nc1ccc(-c2nc(N3CCOCC3C)cc(C3(S(=O)(=O)c4ncc[nH]4)CC3)n2)cc1. The molecule has 1 aromatic carbocycles. The summed E-state index contributed by atoms with van der Waals surface area (Å²) in [6, 6.07) is 8.66. The Bertz CT molecular complexity index is 1320. The van der Waals surface area contributed by atoms with Gasteiger partial charge in [0.15, 0.2) is 5.82 Å².